The second-order valence-corrected chi connectivity index (χ2v) is 6.09. The van der Waals surface area contributed by atoms with Crippen LogP contribution in [0.1, 0.15) is 12.5 Å². The summed E-state index contributed by atoms with van der Waals surface area (Å²) in [5.74, 6) is -0.277. The lowest BCUT2D eigenvalue weighted by atomic mass is 10.1. The first-order valence-electron chi connectivity index (χ1n) is 8.15. The molecule has 0 heterocycles. The molecule has 0 aliphatic carbocycles. The standard InChI is InChI=1S/C19H20ClFN2O3/c1-13(26-17-8-4-15(20)5-9-17)19(25)23-11-10-22-18(24)12-14-2-6-16(21)7-3-14/h2-9,13H,10-12H2,1H3,(H,22,24)(H,23,25). The highest BCUT2D eigenvalue weighted by atomic mass is 35.5. The van der Waals surface area contributed by atoms with E-state index in [9.17, 15) is 14.0 Å². The van der Waals surface area contributed by atoms with Gasteiger partial charge in [-0.3, -0.25) is 9.59 Å². The third-order valence-electron chi connectivity index (χ3n) is 3.52. The van der Waals surface area contributed by atoms with Crippen molar-refractivity contribution in [1.29, 1.82) is 0 Å². The van der Waals surface area contributed by atoms with Gasteiger partial charge in [0.25, 0.3) is 5.91 Å². The minimum Gasteiger partial charge on any atom is -0.481 e. The molecule has 0 aromatic heterocycles. The zero-order chi connectivity index (χ0) is 18.9. The summed E-state index contributed by atoms with van der Waals surface area (Å²) in [7, 11) is 0. The number of carbonyl (C=O) groups is 2. The molecule has 2 aromatic carbocycles. The molecular formula is C19H20ClFN2O3. The molecular weight excluding hydrogens is 359 g/mol. The Balaban J connectivity index is 1.65. The van der Waals surface area contributed by atoms with Gasteiger partial charge in [0, 0.05) is 18.1 Å². The first-order chi connectivity index (χ1) is 12.4. The highest BCUT2D eigenvalue weighted by Crippen LogP contribution is 2.16. The van der Waals surface area contributed by atoms with Gasteiger partial charge in [-0.15, -0.1) is 0 Å². The van der Waals surface area contributed by atoms with Crippen molar-refractivity contribution in [1.82, 2.24) is 10.6 Å². The third kappa shape index (κ3) is 6.72. The van der Waals surface area contributed by atoms with E-state index in [-0.39, 0.29) is 30.6 Å². The van der Waals surface area contributed by atoms with Gasteiger partial charge in [-0.2, -0.15) is 0 Å². The molecule has 138 valence electrons. The molecule has 0 saturated heterocycles. The van der Waals surface area contributed by atoms with Crippen LogP contribution in [0.4, 0.5) is 4.39 Å². The normalized spacial score (nSPS) is 11.5. The monoisotopic (exact) mass is 378 g/mol. The lowest BCUT2D eigenvalue weighted by Gasteiger charge is -2.15. The van der Waals surface area contributed by atoms with Gasteiger partial charge in [-0.1, -0.05) is 23.7 Å². The summed E-state index contributed by atoms with van der Waals surface area (Å²) >= 11 is 5.79. The summed E-state index contributed by atoms with van der Waals surface area (Å²) in [5, 5.41) is 5.97. The van der Waals surface area contributed by atoms with Crippen LogP contribution in [0.3, 0.4) is 0 Å². The fourth-order valence-electron chi connectivity index (χ4n) is 2.15. The molecule has 26 heavy (non-hydrogen) atoms. The van der Waals surface area contributed by atoms with Crippen molar-refractivity contribution >= 4 is 23.4 Å². The van der Waals surface area contributed by atoms with E-state index < -0.39 is 6.10 Å². The van der Waals surface area contributed by atoms with E-state index in [4.69, 9.17) is 16.3 Å². The smallest absolute Gasteiger partial charge is 0.260 e. The van der Waals surface area contributed by atoms with Crippen molar-refractivity contribution in [2.45, 2.75) is 19.4 Å². The lowest BCUT2D eigenvalue weighted by molar-refractivity contribution is -0.127. The average molecular weight is 379 g/mol. The van der Waals surface area contributed by atoms with Crippen molar-refractivity contribution in [2.24, 2.45) is 0 Å². The molecule has 0 bridgehead atoms. The summed E-state index contributed by atoms with van der Waals surface area (Å²) in [5.41, 5.74) is 0.720. The van der Waals surface area contributed by atoms with Crippen molar-refractivity contribution in [2.75, 3.05) is 13.1 Å². The number of benzene rings is 2. The zero-order valence-corrected chi connectivity index (χ0v) is 15.1. The van der Waals surface area contributed by atoms with Gasteiger partial charge < -0.3 is 15.4 Å². The molecule has 0 fully saturated rings. The molecule has 0 aliphatic heterocycles. The van der Waals surface area contributed by atoms with Crippen molar-refractivity contribution < 1.29 is 18.7 Å². The quantitative estimate of drug-likeness (QED) is 0.694. The van der Waals surface area contributed by atoms with Crippen molar-refractivity contribution in [3.63, 3.8) is 0 Å². The number of hydrogen-bond acceptors (Lipinski definition) is 3. The van der Waals surface area contributed by atoms with Crippen LogP contribution in [0.15, 0.2) is 48.5 Å². The molecule has 2 N–H and O–H groups in total. The molecule has 5 nitrogen and oxygen atoms in total. The topological polar surface area (TPSA) is 67.4 Å². The van der Waals surface area contributed by atoms with Crippen LogP contribution < -0.4 is 15.4 Å². The first-order valence-corrected chi connectivity index (χ1v) is 8.53. The number of amides is 2. The molecule has 2 rings (SSSR count). The van der Waals surface area contributed by atoms with E-state index in [1.54, 1.807) is 43.3 Å². The van der Waals surface area contributed by atoms with E-state index in [0.717, 1.165) is 5.56 Å². The van der Waals surface area contributed by atoms with Gasteiger partial charge in [0.05, 0.1) is 6.42 Å². The first kappa shape index (κ1) is 19.7. The Hall–Kier alpha value is -2.60. The van der Waals surface area contributed by atoms with Gasteiger partial charge in [-0.05, 0) is 48.9 Å². The Morgan fingerprint density at radius 1 is 1.04 bits per heavy atom. The van der Waals surface area contributed by atoms with Gasteiger partial charge in [0.1, 0.15) is 11.6 Å². The predicted octanol–water partition coefficient (Wildman–Crippen LogP) is 2.72. The molecule has 0 spiro atoms. The number of rotatable bonds is 8. The molecule has 2 amide bonds. The molecule has 0 saturated carbocycles. The Morgan fingerprint density at radius 2 is 1.65 bits per heavy atom. The Kier molecular flexibility index (Phi) is 7.41. The SMILES string of the molecule is CC(Oc1ccc(Cl)cc1)C(=O)NCCNC(=O)Cc1ccc(F)cc1. The molecule has 1 atom stereocenters. The average Bonchev–Trinajstić information content (AvgIpc) is 2.62. The maximum atomic E-state index is 12.8. The Labute approximate surface area is 156 Å². The maximum Gasteiger partial charge on any atom is 0.260 e. The van der Waals surface area contributed by atoms with Gasteiger partial charge in [0.2, 0.25) is 5.91 Å². The molecule has 0 radical (unpaired) electrons. The highest BCUT2D eigenvalue weighted by molar-refractivity contribution is 6.30. The summed E-state index contributed by atoms with van der Waals surface area (Å²) < 4.78 is 18.3. The van der Waals surface area contributed by atoms with E-state index >= 15 is 0 Å². The second kappa shape index (κ2) is 9.77. The molecule has 1 unspecified atom stereocenters. The molecule has 2 aromatic rings. The van der Waals surface area contributed by atoms with Crippen molar-refractivity contribution in [3.8, 4) is 5.75 Å². The van der Waals surface area contributed by atoms with E-state index in [1.807, 2.05) is 0 Å². The lowest BCUT2D eigenvalue weighted by Crippen LogP contribution is -2.41. The Morgan fingerprint density at radius 3 is 2.31 bits per heavy atom. The highest BCUT2D eigenvalue weighted by Gasteiger charge is 2.14. The minimum atomic E-state index is -0.675. The number of carbonyl (C=O) groups excluding carboxylic acids is 2. The van der Waals surface area contributed by atoms with Crippen LogP contribution >= 0.6 is 11.6 Å². The fraction of sp³-hybridized carbons (Fsp3) is 0.263. The summed E-state index contributed by atoms with van der Waals surface area (Å²) in [6, 6.07) is 12.5. The zero-order valence-electron chi connectivity index (χ0n) is 14.3. The van der Waals surface area contributed by atoms with Crippen molar-refractivity contribution in [3.05, 3.63) is 64.9 Å². The molecule has 0 aliphatic rings. The van der Waals surface area contributed by atoms with Crippen LogP contribution in [0.25, 0.3) is 0 Å². The van der Waals surface area contributed by atoms with Crippen LogP contribution in [0, 0.1) is 5.82 Å². The minimum absolute atomic E-state index is 0.157. The second-order valence-electron chi connectivity index (χ2n) is 5.66. The Bertz CT molecular complexity index is 735. The van der Waals surface area contributed by atoms with Gasteiger partial charge in [-0.25, -0.2) is 4.39 Å². The third-order valence-corrected chi connectivity index (χ3v) is 3.77. The van der Waals surface area contributed by atoms with E-state index in [1.165, 1.54) is 12.1 Å². The number of nitrogens with one attached hydrogen (secondary N) is 2. The fourth-order valence-corrected chi connectivity index (χ4v) is 2.28. The number of ether oxygens (including phenoxy) is 1. The van der Waals surface area contributed by atoms with Crippen LogP contribution in [0.5, 0.6) is 5.75 Å². The summed E-state index contributed by atoms with van der Waals surface area (Å²) in [6.45, 7) is 2.21. The maximum absolute atomic E-state index is 12.8. The molecule has 7 heteroatoms. The van der Waals surface area contributed by atoms with Crippen LogP contribution in [0.2, 0.25) is 5.02 Å². The van der Waals surface area contributed by atoms with Crippen LogP contribution in [-0.4, -0.2) is 31.0 Å². The summed E-state index contributed by atoms with van der Waals surface area (Å²) in [4.78, 5) is 23.8. The largest absolute Gasteiger partial charge is 0.481 e. The van der Waals surface area contributed by atoms with E-state index in [0.29, 0.717) is 17.3 Å². The van der Waals surface area contributed by atoms with E-state index in [2.05, 4.69) is 10.6 Å². The summed E-state index contributed by atoms with van der Waals surface area (Å²) in [6.07, 6.45) is -0.518. The predicted molar refractivity (Wildman–Crippen MR) is 97.7 cm³/mol. The van der Waals surface area contributed by atoms with Gasteiger partial charge in [0.15, 0.2) is 6.10 Å². The van der Waals surface area contributed by atoms with Gasteiger partial charge >= 0.3 is 0 Å². The number of hydrogen-bond donors (Lipinski definition) is 2. The van der Waals surface area contributed by atoms with Crippen LogP contribution in [-0.2, 0) is 16.0 Å². The number of halogens is 2.